The van der Waals surface area contributed by atoms with E-state index in [2.05, 4.69) is 17.6 Å². The molecule has 0 fully saturated rings. The Kier molecular flexibility index (Phi) is 9.28. The molecule has 2 amide bonds. The molecule has 0 aromatic rings. The molecule has 0 aliphatic carbocycles. The molecule has 0 spiro atoms. The Morgan fingerprint density at radius 2 is 1.83 bits per heavy atom. The molecule has 0 aliphatic rings. The van der Waals surface area contributed by atoms with Crippen LogP contribution in [0, 0.1) is 0 Å². The molecule has 0 aromatic heterocycles. The molecular weight excluding hydrogens is 230 g/mol. The van der Waals surface area contributed by atoms with Crippen LogP contribution in [0.1, 0.15) is 39.5 Å². The van der Waals surface area contributed by atoms with E-state index in [0.717, 1.165) is 25.8 Å². The monoisotopic (exact) mass is 257 g/mol. The number of unbranched alkanes of at least 4 members (excludes halogenated alkanes) is 2. The van der Waals surface area contributed by atoms with E-state index in [9.17, 15) is 9.59 Å². The average molecular weight is 257 g/mol. The summed E-state index contributed by atoms with van der Waals surface area (Å²) in [5.41, 5.74) is 0. The molecular formula is C13H27N3O2. The minimum Gasteiger partial charge on any atom is -0.355 e. The molecule has 0 saturated heterocycles. The smallest absolute Gasteiger partial charge is 0.236 e. The molecule has 5 heteroatoms. The molecule has 1 atom stereocenters. The lowest BCUT2D eigenvalue weighted by atomic mass is 10.2. The first-order valence-corrected chi connectivity index (χ1v) is 6.70. The summed E-state index contributed by atoms with van der Waals surface area (Å²) in [7, 11) is 3.46. The predicted octanol–water partition coefficient (Wildman–Crippen LogP) is 0.749. The summed E-state index contributed by atoms with van der Waals surface area (Å²) in [4.78, 5) is 24.5. The van der Waals surface area contributed by atoms with Crippen LogP contribution >= 0.6 is 0 Å². The molecule has 0 rings (SSSR count). The lowest BCUT2D eigenvalue weighted by Gasteiger charge is -2.15. The van der Waals surface area contributed by atoms with Gasteiger partial charge in [-0.3, -0.25) is 9.59 Å². The first kappa shape index (κ1) is 16.9. The molecule has 0 heterocycles. The van der Waals surface area contributed by atoms with E-state index in [4.69, 9.17) is 0 Å². The van der Waals surface area contributed by atoms with Gasteiger partial charge in [0, 0.05) is 33.6 Å². The number of rotatable bonds is 9. The van der Waals surface area contributed by atoms with Crippen LogP contribution in [0.3, 0.4) is 0 Å². The Labute approximate surface area is 110 Å². The summed E-state index contributed by atoms with van der Waals surface area (Å²) in [6.45, 7) is 5.21. The van der Waals surface area contributed by atoms with Gasteiger partial charge in [0.1, 0.15) is 0 Å². The Morgan fingerprint density at radius 1 is 1.17 bits per heavy atom. The molecule has 0 radical (unpaired) electrons. The van der Waals surface area contributed by atoms with Crippen molar-refractivity contribution in [2.75, 3.05) is 27.2 Å². The van der Waals surface area contributed by atoms with Gasteiger partial charge in [-0.15, -0.1) is 0 Å². The summed E-state index contributed by atoms with van der Waals surface area (Å²) >= 11 is 0. The highest BCUT2D eigenvalue weighted by atomic mass is 16.2. The molecule has 106 valence electrons. The SMILES string of the molecule is CCCCCNC(=O)C(C)NCCC(=O)N(C)C. The number of carbonyl (C=O) groups excluding carboxylic acids is 2. The van der Waals surface area contributed by atoms with Crippen molar-refractivity contribution in [3.63, 3.8) is 0 Å². The van der Waals surface area contributed by atoms with E-state index in [1.807, 2.05) is 6.92 Å². The standard InChI is InChI=1S/C13H27N3O2/c1-5-6-7-9-15-13(18)11(2)14-10-8-12(17)16(3)4/h11,14H,5-10H2,1-4H3,(H,15,18). The van der Waals surface area contributed by atoms with Gasteiger partial charge in [0.05, 0.1) is 6.04 Å². The second-order valence-corrected chi connectivity index (χ2v) is 4.71. The van der Waals surface area contributed by atoms with E-state index in [0.29, 0.717) is 13.0 Å². The summed E-state index contributed by atoms with van der Waals surface area (Å²) in [6.07, 6.45) is 3.73. The fourth-order valence-corrected chi connectivity index (χ4v) is 1.45. The molecule has 0 saturated carbocycles. The van der Waals surface area contributed by atoms with Crippen molar-refractivity contribution in [1.29, 1.82) is 0 Å². The molecule has 5 nitrogen and oxygen atoms in total. The molecule has 0 aliphatic heterocycles. The Morgan fingerprint density at radius 3 is 2.39 bits per heavy atom. The van der Waals surface area contributed by atoms with E-state index in [1.165, 1.54) is 0 Å². The number of nitrogens with one attached hydrogen (secondary N) is 2. The van der Waals surface area contributed by atoms with Crippen LogP contribution < -0.4 is 10.6 Å². The maximum atomic E-state index is 11.6. The van der Waals surface area contributed by atoms with E-state index in [1.54, 1.807) is 19.0 Å². The summed E-state index contributed by atoms with van der Waals surface area (Å²) in [5, 5.41) is 5.93. The topological polar surface area (TPSA) is 61.4 Å². The van der Waals surface area contributed by atoms with Gasteiger partial charge >= 0.3 is 0 Å². The van der Waals surface area contributed by atoms with Crippen molar-refractivity contribution in [1.82, 2.24) is 15.5 Å². The van der Waals surface area contributed by atoms with Gasteiger partial charge < -0.3 is 15.5 Å². The van der Waals surface area contributed by atoms with Crippen molar-refractivity contribution in [3.05, 3.63) is 0 Å². The van der Waals surface area contributed by atoms with Gasteiger partial charge in [0.25, 0.3) is 0 Å². The molecule has 1 unspecified atom stereocenters. The summed E-state index contributed by atoms with van der Waals surface area (Å²) in [6, 6.07) is -0.249. The highest BCUT2D eigenvalue weighted by Gasteiger charge is 2.12. The number of hydrogen-bond donors (Lipinski definition) is 2. The Bertz CT molecular complexity index is 255. The highest BCUT2D eigenvalue weighted by Crippen LogP contribution is 1.92. The van der Waals surface area contributed by atoms with Crippen LogP contribution in [0.25, 0.3) is 0 Å². The first-order chi connectivity index (χ1) is 8.49. The minimum absolute atomic E-state index is 0.00315. The number of nitrogens with zero attached hydrogens (tertiary/aromatic N) is 1. The third kappa shape index (κ3) is 8.06. The third-order valence-corrected chi connectivity index (χ3v) is 2.76. The zero-order valence-corrected chi connectivity index (χ0v) is 12.1. The second kappa shape index (κ2) is 9.88. The lowest BCUT2D eigenvalue weighted by molar-refractivity contribution is -0.129. The van der Waals surface area contributed by atoms with Crippen LogP contribution in [0.4, 0.5) is 0 Å². The van der Waals surface area contributed by atoms with Gasteiger partial charge in [-0.25, -0.2) is 0 Å². The van der Waals surface area contributed by atoms with Crippen molar-refractivity contribution < 1.29 is 9.59 Å². The quantitative estimate of drug-likeness (QED) is 0.599. The molecule has 2 N–H and O–H groups in total. The zero-order chi connectivity index (χ0) is 14.0. The summed E-state index contributed by atoms with van der Waals surface area (Å²) in [5.74, 6) is 0.0708. The van der Waals surface area contributed by atoms with E-state index >= 15 is 0 Å². The molecule has 0 bridgehead atoms. The van der Waals surface area contributed by atoms with Gasteiger partial charge in [-0.05, 0) is 13.3 Å². The van der Waals surface area contributed by atoms with E-state index in [-0.39, 0.29) is 17.9 Å². The third-order valence-electron chi connectivity index (χ3n) is 2.76. The maximum Gasteiger partial charge on any atom is 0.236 e. The predicted molar refractivity (Wildman–Crippen MR) is 73.3 cm³/mol. The van der Waals surface area contributed by atoms with Crippen LogP contribution in [-0.4, -0.2) is 49.9 Å². The highest BCUT2D eigenvalue weighted by molar-refractivity contribution is 5.81. The largest absolute Gasteiger partial charge is 0.355 e. The van der Waals surface area contributed by atoms with Crippen molar-refractivity contribution in [2.45, 2.75) is 45.6 Å². The normalized spacial score (nSPS) is 12.0. The van der Waals surface area contributed by atoms with Crippen LogP contribution in [0.5, 0.6) is 0 Å². The van der Waals surface area contributed by atoms with Gasteiger partial charge in [0.2, 0.25) is 11.8 Å². The number of amides is 2. The lowest BCUT2D eigenvalue weighted by Crippen LogP contribution is -2.43. The van der Waals surface area contributed by atoms with Crippen LogP contribution in [-0.2, 0) is 9.59 Å². The first-order valence-electron chi connectivity index (χ1n) is 6.70. The number of carbonyl (C=O) groups is 2. The number of hydrogen-bond acceptors (Lipinski definition) is 3. The van der Waals surface area contributed by atoms with Crippen LogP contribution in [0.2, 0.25) is 0 Å². The minimum atomic E-state index is -0.249. The molecule has 18 heavy (non-hydrogen) atoms. The Balaban J connectivity index is 3.65. The second-order valence-electron chi connectivity index (χ2n) is 4.71. The fraction of sp³-hybridized carbons (Fsp3) is 0.846. The van der Waals surface area contributed by atoms with Gasteiger partial charge in [-0.1, -0.05) is 19.8 Å². The van der Waals surface area contributed by atoms with Crippen molar-refractivity contribution in [2.24, 2.45) is 0 Å². The maximum absolute atomic E-state index is 11.6. The fourth-order valence-electron chi connectivity index (χ4n) is 1.45. The van der Waals surface area contributed by atoms with Crippen molar-refractivity contribution in [3.8, 4) is 0 Å². The van der Waals surface area contributed by atoms with Crippen molar-refractivity contribution >= 4 is 11.8 Å². The summed E-state index contributed by atoms with van der Waals surface area (Å²) < 4.78 is 0. The average Bonchev–Trinajstić information content (AvgIpc) is 2.33. The zero-order valence-electron chi connectivity index (χ0n) is 12.1. The van der Waals surface area contributed by atoms with Gasteiger partial charge in [0.15, 0.2) is 0 Å². The van der Waals surface area contributed by atoms with E-state index < -0.39 is 0 Å². The molecule has 0 aromatic carbocycles. The van der Waals surface area contributed by atoms with Gasteiger partial charge in [-0.2, -0.15) is 0 Å². The van der Waals surface area contributed by atoms with Crippen LogP contribution in [0.15, 0.2) is 0 Å². The Hall–Kier alpha value is -1.10.